The van der Waals surface area contributed by atoms with Crippen LogP contribution in [0.4, 0.5) is 0 Å². The Labute approximate surface area is 328 Å². The lowest BCUT2D eigenvalue weighted by atomic mass is 9.86. The van der Waals surface area contributed by atoms with Gasteiger partial charge in [-0.2, -0.15) is 0 Å². The second-order valence-electron chi connectivity index (χ2n) is 16.5. The molecule has 0 saturated carbocycles. The predicted octanol–water partition coefficient (Wildman–Crippen LogP) is 17.3. The van der Waals surface area contributed by atoms with Crippen molar-refractivity contribution in [2.45, 2.75) is 188 Å². The zero-order chi connectivity index (χ0) is 41.9. The fourth-order valence-electron chi connectivity index (χ4n) is 4.33. The van der Waals surface area contributed by atoms with Crippen molar-refractivity contribution in [3.05, 3.63) is 142 Å². The van der Waals surface area contributed by atoms with E-state index in [1.807, 2.05) is 55.4 Å². The SMILES string of the molecule is CC.CC.CC.CC.Cc1ccc(C(C)(C)C)cc1.Cc1ccc(C(C)(C)C)cc1.Cc1cccc(C(C)(C)C)c1.Cc1cccc(C(C)(C)C)c1. The molecule has 0 unspecified atom stereocenters. The Morgan fingerprint density at radius 1 is 0.250 bits per heavy atom. The number of rotatable bonds is 0. The lowest BCUT2D eigenvalue weighted by Crippen LogP contribution is -2.10. The Morgan fingerprint density at radius 3 is 0.615 bits per heavy atom. The van der Waals surface area contributed by atoms with E-state index in [1.165, 1.54) is 44.5 Å². The van der Waals surface area contributed by atoms with Crippen LogP contribution < -0.4 is 0 Å². The summed E-state index contributed by atoms with van der Waals surface area (Å²) in [5.74, 6) is 0. The van der Waals surface area contributed by atoms with Crippen molar-refractivity contribution < 1.29 is 0 Å². The largest absolute Gasteiger partial charge is 0.0683 e. The van der Waals surface area contributed by atoms with E-state index in [-0.39, 0.29) is 21.7 Å². The Hall–Kier alpha value is -3.12. The summed E-state index contributed by atoms with van der Waals surface area (Å²) in [6, 6.07) is 34.9. The third-order valence-corrected chi connectivity index (χ3v) is 7.60. The summed E-state index contributed by atoms with van der Waals surface area (Å²) in [6.07, 6.45) is 0. The molecule has 0 aliphatic heterocycles. The smallest absolute Gasteiger partial charge is 0.0132 e. The average Bonchev–Trinajstić information content (AvgIpc) is 3.08. The molecule has 4 rings (SSSR count). The molecule has 0 atom stereocenters. The third kappa shape index (κ3) is 26.6. The molecule has 0 spiro atoms. The second kappa shape index (κ2) is 28.4. The van der Waals surface area contributed by atoms with Crippen LogP contribution in [-0.2, 0) is 21.7 Å². The van der Waals surface area contributed by atoms with Gasteiger partial charge in [-0.25, -0.2) is 0 Å². The average molecular weight is 713 g/mol. The first kappa shape index (κ1) is 55.6. The molecule has 52 heavy (non-hydrogen) atoms. The highest BCUT2D eigenvalue weighted by Crippen LogP contribution is 2.24. The molecule has 4 aromatic carbocycles. The van der Waals surface area contributed by atoms with Crippen LogP contribution in [0.25, 0.3) is 0 Å². The van der Waals surface area contributed by atoms with E-state index in [0.29, 0.717) is 0 Å². The lowest BCUT2D eigenvalue weighted by Gasteiger charge is -2.19. The van der Waals surface area contributed by atoms with Gasteiger partial charge in [0.2, 0.25) is 0 Å². The molecule has 0 saturated heterocycles. The van der Waals surface area contributed by atoms with Gasteiger partial charge in [-0.3, -0.25) is 0 Å². The van der Waals surface area contributed by atoms with Gasteiger partial charge in [-0.05, 0) is 71.6 Å². The fraction of sp³-hybridized carbons (Fsp3) is 0.538. The second-order valence-corrected chi connectivity index (χ2v) is 16.5. The Balaban J connectivity index is -0.000000277. The van der Waals surface area contributed by atoms with E-state index in [0.717, 1.165) is 0 Å². The first-order valence-corrected chi connectivity index (χ1v) is 20.3. The molecule has 0 N–H and O–H groups in total. The molecule has 0 aliphatic rings. The van der Waals surface area contributed by atoms with Crippen LogP contribution in [0.3, 0.4) is 0 Å². The first-order valence-electron chi connectivity index (χ1n) is 20.3. The molecule has 0 nitrogen and oxygen atoms in total. The number of hydrogen-bond donors (Lipinski definition) is 0. The highest BCUT2D eigenvalue weighted by atomic mass is 14.2. The maximum absolute atomic E-state index is 2.25. The van der Waals surface area contributed by atoms with Gasteiger partial charge in [0.15, 0.2) is 0 Å². The van der Waals surface area contributed by atoms with Crippen LogP contribution in [-0.4, -0.2) is 0 Å². The predicted molar refractivity (Wildman–Crippen MR) is 245 cm³/mol. The number of aryl methyl sites for hydroxylation is 4. The minimum Gasteiger partial charge on any atom is -0.0683 e. The van der Waals surface area contributed by atoms with Crippen molar-refractivity contribution in [1.29, 1.82) is 0 Å². The Bertz CT molecular complexity index is 1260. The molecule has 0 aromatic heterocycles. The summed E-state index contributed by atoms with van der Waals surface area (Å²) in [6.45, 7) is 51.3. The van der Waals surface area contributed by atoms with E-state index < -0.39 is 0 Å². The first-order chi connectivity index (χ1) is 24.0. The lowest BCUT2D eigenvalue weighted by molar-refractivity contribution is 0.589. The molecule has 0 radical (unpaired) electrons. The monoisotopic (exact) mass is 713 g/mol. The zero-order valence-corrected chi connectivity index (χ0v) is 39.2. The zero-order valence-electron chi connectivity index (χ0n) is 39.2. The maximum atomic E-state index is 2.25. The fourth-order valence-corrected chi connectivity index (χ4v) is 4.33. The quantitative estimate of drug-likeness (QED) is 0.170. The van der Waals surface area contributed by atoms with Gasteiger partial charge >= 0.3 is 0 Å². The standard InChI is InChI=1S/4C11H16.4C2H6/c2*1-9-5-7-10(8-6-9)11(2,3)4;2*1-9-6-5-7-10(8-9)11(2,3)4;4*1-2/h4*5-8H,1-4H3;4*1-2H3. The van der Waals surface area contributed by atoms with Gasteiger partial charge < -0.3 is 0 Å². The van der Waals surface area contributed by atoms with E-state index in [1.54, 1.807) is 0 Å². The molecule has 0 amide bonds. The summed E-state index contributed by atoms with van der Waals surface area (Å²) in [4.78, 5) is 0. The van der Waals surface area contributed by atoms with Crippen molar-refractivity contribution >= 4 is 0 Å². The Kier molecular flexibility index (Phi) is 30.4. The van der Waals surface area contributed by atoms with Crippen LogP contribution in [0.2, 0.25) is 0 Å². The molecular weight excluding hydrogens is 625 g/mol. The molecular formula is C52H88. The van der Waals surface area contributed by atoms with E-state index in [9.17, 15) is 0 Å². The van der Waals surface area contributed by atoms with Gasteiger partial charge in [0.1, 0.15) is 0 Å². The van der Waals surface area contributed by atoms with Gasteiger partial charge in [-0.15, -0.1) is 0 Å². The van der Waals surface area contributed by atoms with Crippen LogP contribution in [0.5, 0.6) is 0 Å². The molecule has 0 bridgehead atoms. The van der Waals surface area contributed by atoms with Crippen LogP contribution in [0.1, 0.15) is 183 Å². The number of hydrogen-bond acceptors (Lipinski definition) is 0. The number of benzene rings is 4. The molecule has 0 heteroatoms. The summed E-state index contributed by atoms with van der Waals surface area (Å²) >= 11 is 0. The molecule has 0 fully saturated rings. The molecule has 0 aliphatic carbocycles. The maximum Gasteiger partial charge on any atom is -0.0132 e. The topological polar surface area (TPSA) is 0 Å². The van der Waals surface area contributed by atoms with Crippen LogP contribution in [0, 0.1) is 27.7 Å². The highest BCUT2D eigenvalue weighted by molar-refractivity contribution is 5.29. The van der Waals surface area contributed by atoms with E-state index in [2.05, 4.69) is 208 Å². The van der Waals surface area contributed by atoms with Gasteiger partial charge in [0, 0.05) is 0 Å². The van der Waals surface area contributed by atoms with Crippen molar-refractivity contribution in [2.75, 3.05) is 0 Å². The summed E-state index contributed by atoms with van der Waals surface area (Å²) in [5.41, 5.74) is 12.1. The van der Waals surface area contributed by atoms with Crippen LogP contribution in [0.15, 0.2) is 97.1 Å². The summed E-state index contributed by atoms with van der Waals surface area (Å²) in [7, 11) is 0. The van der Waals surface area contributed by atoms with E-state index in [4.69, 9.17) is 0 Å². The Morgan fingerprint density at radius 2 is 0.462 bits per heavy atom. The summed E-state index contributed by atoms with van der Waals surface area (Å²) < 4.78 is 0. The van der Waals surface area contributed by atoms with Gasteiger partial charge in [0.05, 0.1) is 0 Å². The third-order valence-electron chi connectivity index (χ3n) is 7.60. The van der Waals surface area contributed by atoms with Crippen molar-refractivity contribution in [3.8, 4) is 0 Å². The van der Waals surface area contributed by atoms with Gasteiger partial charge in [0.25, 0.3) is 0 Å². The normalized spacial score (nSPS) is 10.3. The highest BCUT2D eigenvalue weighted by Gasteiger charge is 2.14. The van der Waals surface area contributed by atoms with Crippen LogP contribution >= 0.6 is 0 Å². The van der Waals surface area contributed by atoms with Gasteiger partial charge in [-0.1, -0.05) is 258 Å². The minimum absolute atomic E-state index is 0.284. The van der Waals surface area contributed by atoms with Crippen molar-refractivity contribution in [3.63, 3.8) is 0 Å². The molecule has 0 heterocycles. The van der Waals surface area contributed by atoms with Crippen molar-refractivity contribution in [2.24, 2.45) is 0 Å². The van der Waals surface area contributed by atoms with Crippen molar-refractivity contribution in [1.82, 2.24) is 0 Å². The summed E-state index contributed by atoms with van der Waals surface area (Å²) in [5, 5.41) is 0. The molecule has 296 valence electrons. The minimum atomic E-state index is 0.284. The molecule has 4 aromatic rings. The van der Waals surface area contributed by atoms with E-state index >= 15 is 0 Å².